The van der Waals surface area contributed by atoms with E-state index in [-0.39, 0.29) is 39.1 Å². The van der Waals surface area contributed by atoms with Gasteiger partial charge in [-0.15, -0.1) is 0 Å². The molecule has 0 saturated heterocycles. The first-order chi connectivity index (χ1) is 14.7. The van der Waals surface area contributed by atoms with E-state index < -0.39 is 0 Å². The second-order valence-electron chi connectivity index (χ2n) is 14.2. The fourth-order valence-corrected chi connectivity index (χ4v) is 10.3. The average Bonchev–Trinajstić information content (AvgIpc) is 2.70. The minimum Gasteiger partial charge on any atom is -0.393 e. The van der Waals surface area contributed by atoms with Gasteiger partial charge in [0, 0.05) is 5.92 Å². The van der Waals surface area contributed by atoms with Gasteiger partial charge in [-0.05, 0) is 103 Å². The fourth-order valence-electron chi connectivity index (χ4n) is 10.3. The van der Waals surface area contributed by atoms with Gasteiger partial charge in [0.2, 0.25) is 0 Å². The summed E-state index contributed by atoms with van der Waals surface area (Å²) in [5.41, 5.74) is 3.25. The van der Waals surface area contributed by atoms with Gasteiger partial charge >= 0.3 is 0 Å². The molecule has 0 bridgehead atoms. The van der Waals surface area contributed by atoms with Crippen LogP contribution in [0.2, 0.25) is 0 Å². The highest BCUT2D eigenvalue weighted by atomic mass is 16.3. The summed E-state index contributed by atoms with van der Waals surface area (Å²) in [5, 5.41) is 10.9. The molecule has 5 rings (SSSR count). The van der Waals surface area contributed by atoms with E-state index in [0.717, 1.165) is 32.1 Å². The first-order valence-corrected chi connectivity index (χ1v) is 13.3. The number of carbonyl (C=O) groups excluding carboxylic acids is 1. The molecule has 0 radical (unpaired) electrons. The average molecular weight is 439 g/mol. The summed E-state index contributed by atoms with van der Waals surface area (Å²) in [6, 6.07) is 0. The van der Waals surface area contributed by atoms with Crippen molar-refractivity contribution in [1.82, 2.24) is 0 Å². The molecule has 0 spiro atoms. The number of aliphatic hydroxyl groups is 1. The molecule has 3 saturated carbocycles. The van der Waals surface area contributed by atoms with Crippen molar-refractivity contribution in [1.29, 1.82) is 0 Å². The lowest BCUT2D eigenvalue weighted by Gasteiger charge is -2.70. The molecule has 0 aliphatic heterocycles. The molecule has 178 valence electrons. The van der Waals surface area contributed by atoms with Gasteiger partial charge in [0.1, 0.15) is 0 Å². The molecule has 2 nitrogen and oxygen atoms in total. The Hall–Kier alpha value is -0.890. The van der Waals surface area contributed by atoms with Crippen LogP contribution in [0.15, 0.2) is 23.3 Å². The number of carbonyl (C=O) groups is 1. The molecule has 0 aromatic carbocycles. The molecule has 3 fully saturated rings. The smallest absolute Gasteiger partial charge is 0.159 e. The van der Waals surface area contributed by atoms with E-state index in [2.05, 4.69) is 67.5 Å². The Morgan fingerprint density at radius 3 is 2.34 bits per heavy atom. The van der Waals surface area contributed by atoms with Crippen LogP contribution in [0.3, 0.4) is 0 Å². The van der Waals surface area contributed by atoms with Gasteiger partial charge in [0.25, 0.3) is 0 Å². The van der Waals surface area contributed by atoms with Crippen LogP contribution in [0.25, 0.3) is 0 Å². The lowest BCUT2D eigenvalue weighted by atomic mass is 9.33. The van der Waals surface area contributed by atoms with Crippen molar-refractivity contribution >= 4 is 5.78 Å². The summed E-state index contributed by atoms with van der Waals surface area (Å²) in [6.45, 7) is 19.1. The Bertz CT molecular complexity index is 910. The summed E-state index contributed by atoms with van der Waals surface area (Å²) in [5.74, 6) is 1.90. The maximum absolute atomic E-state index is 14.2. The highest BCUT2D eigenvalue weighted by molar-refractivity contribution is 5.95. The molecule has 1 N–H and O–H groups in total. The minimum atomic E-state index is -0.251. The zero-order valence-electron chi connectivity index (χ0n) is 21.8. The highest BCUT2D eigenvalue weighted by Crippen LogP contribution is 2.74. The van der Waals surface area contributed by atoms with E-state index in [4.69, 9.17) is 0 Å². The maximum atomic E-state index is 14.2. The van der Waals surface area contributed by atoms with Gasteiger partial charge in [-0.25, -0.2) is 0 Å². The summed E-state index contributed by atoms with van der Waals surface area (Å²) in [6.07, 6.45) is 12.1. The van der Waals surface area contributed by atoms with Crippen molar-refractivity contribution in [3.05, 3.63) is 23.3 Å². The predicted octanol–water partition coefficient (Wildman–Crippen LogP) is 7.12. The second kappa shape index (κ2) is 6.61. The topological polar surface area (TPSA) is 37.3 Å². The van der Waals surface area contributed by atoms with Crippen molar-refractivity contribution in [3.8, 4) is 0 Å². The molecule has 9 unspecified atom stereocenters. The lowest BCUT2D eigenvalue weighted by molar-refractivity contribution is -0.201. The van der Waals surface area contributed by atoms with Crippen molar-refractivity contribution in [2.24, 2.45) is 50.7 Å². The minimum absolute atomic E-state index is 0.00784. The molecule has 2 heteroatoms. The highest BCUT2D eigenvalue weighted by Gasteiger charge is 2.69. The Morgan fingerprint density at radius 1 is 0.969 bits per heavy atom. The summed E-state index contributed by atoms with van der Waals surface area (Å²) < 4.78 is 0. The van der Waals surface area contributed by atoms with Gasteiger partial charge < -0.3 is 5.11 Å². The number of hydrogen-bond donors (Lipinski definition) is 1. The molecule has 0 heterocycles. The Kier molecular flexibility index (Phi) is 4.73. The van der Waals surface area contributed by atoms with E-state index in [1.54, 1.807) is 0 Å². The van der Waals surface area contributed by atoms with Crippen LogP contribution in [-0.2, 0) is 4.79 Å². The third kappa shape index (κ3) is 2.54. The first-order valence-electron chi connectivity index (χ1n) is 13.3. The Labute approximate surface area is 196 Å². The van der Waals surface area contributed by atoms with Crippen LogP contribution < -0.4 is 0 Å². The number of allylic oxidation sites excluding steroid dienone is 4. The predicted molar refractivity (Wildman–Crippen MR) is 131 cm³/mol. The van der Waals surface area contributed by atoms with Gasteiger partial charge in [-0.3, -0.25) is 4.79 Å². The standard InChI is InChI=1S/C30H46O2/c1-18-9-12-27(5)15-16-29(7)20(24(27)19(18)2)17-21(31)25-28(6)13-11-23(32)26(3,4)22(28)10-14-30(25,29)8/h9,17,19,22-25,32H,10-16H2,1-8H3. The quantitative estimate of drug-likeness (QED) is 0.409. The number of fused-ring (bicyclic) bond motifs is 7. The molecule has 9 atom stereocenters. The number of rotatable bonds is 0. The summed E-state index contributed by atoms with van der Waals surface area (Å²) in [7, 11) is 0. The van der Waals surface area contributed by atoms with Crippen molar-refractivity contribution < 1.29 is 9.90 Å². The van der Waals surface area contributed by atoms with E-state index in [1.165, 1.54) is 24.0 Å². The molecule has 32 heavy (non-hydrogen) atoms. The van der Waals surface area contributed by atoms with E-state index >= 15 is 0 Å². The summed E-state index contributed by atoms with van der Waals surface area (Å²) >= 11 is 0. The van der Waals surface area contributed by atoms with Crippen LogP contribution in [0.5, 0.6) is 0 Å². The van der Waals surface area contributed by atoms with Crippen LogP contribution in [0, 0.1) is 50.7 Å². The van der Waals surface area contributed by atoms with Crippen molar-refractivity contribution in [2.45, 2.75) is 106 Å². The molecule has 5 aliphatic carbocycles. The number of ketones is 1. The van der Waals surface area contributed by atoms with Crippen LogP contribution in [0.1, 0.15) is 100 Å². The zero-order valence-corrected chi connectivity index (χ0v) is 21.8. The van der Waals surface area contributed by atoms with E-state index in [0.29, 0.717) is 23.5 Å². The molecule has 5 aliphatic rings. The monoisotopic (exact) mass is 438 g/mol. The largest absolute Gasteiger partial charge is 0.393 e. The maximum Gasteiger partial charge on any atom is 0.159 e. The zero-order chi connectivity index (χ0) is 23.5. The second-order valence-corrected chi connectivity index (χ2v) is 14.2. The first kappa shape index (κ1) is 22.9. The van der Waals surface area contributed by atoms with Crippen LogP contribution >= 0.6 is 0 Å². The molecule has 0 amide bonds. The molecule has 0 aromatic rings. The Morgan fingerprint density at radius 2 is 1.66 bits per heavy atom. The normalized spacial score (nSPS) is 54.4. The SMILES string of the molecule is CC1=CCC2(C)CCC3(C)C(=CC(=O)C4C5(C)CCC(O)C(C)(C)C5CCC43C)C2C1C. The van der Waals surface area contributed by atoms with Gasteiger partial charge in [0.05, 0.1) is 6.10 Å². The van der Waals surface area contributed by atoms with E-state index in [9.17, 15) is 9.90 Å². The van der Waals surface area contributed by atoms with Gasteiger partial charge in [-0.2, -0.15) is 0 Å². The van der Waals surface area contributed by atoms with Gasteiger partial charge in [0.15, 0.2) is 5.78 Å². The Balaban J connectivity index is 1.66. The van der Waals surface area contributed by atoms with E-state index in [1.807, 2.05) is 0 Å². The number of hydrogen-bond acceptors (Lipinski definition) is 2. The number of aliphatic hydroxyl groups excluding tert-OH is 1. The van der Waals surface area contributed by atoms with Crippen molar-refractivity contribution in [3.63, 3.8) is 0 Å². The van der Waals surface area contributed by atoms with Crippen LogP contribution in [-0.4, -0.2) is 17.0 Å². The fraction of sp³-hybridized carbons (Fsp3) is 0.833. The van der Waals surface area contributed by atoms with Crippen LogP contribution in [0.4, 0.5) is 0 Å². The third-order valence-electron chi connectivity index (χ3n) is 12.6. The third-order valence-corrected chi connectivity index (χ3v) is 12.6. The molecule has 0 aromatic heterocycles. The lowest BCUT2D eigenvalue weighted by Crippen LogP contribution is -2.66. The summed E-state index contributed by atoms with van der Waals surface area (Å²) in [4.78, 5) is 14.2. The molecular formula is C30H46O2. The molecular weight excluding hydrogens is 392 g/mol. The van der Waals surface area contributed by atoms with Gasteiger partial charge in [-0.1, -0.05) is 65.7 Å². The van der Waals surface area contributed by atoms with Crippen molar-refractivity contribution in [2.75, 3.05) is 0 Å².